The molecule has 0 amide bonds. The highest BCUT2D eigenvalue weighted by molar-refractivity contribution is 7.91. The molecule has 0 atom stereocenters. The SMILES string of the molecule is Cc1cccc(-c2ccc(S(=O)(=O)NC(C)(C)C)s2)c1. The van der Waals surface area contributed by atoms with Gasteiger partial charge in [0.05, 0.1) is 0 Å². The van der Waals surface area contributed by atoms with Gasteiger partial charge in [0.2, 0.25) is 0 Å². The predicted octanol–water partition coefficient (Wildman–Crippen LogP) is 3.80. The predicted molar refractivity (Wildman–Crippen MR) is 84.6 cm³/mol. The second-order valence-electron chi connectivity index (χ2n) is 5.84. The zero-order chi connectivity index (χ0) is 15.0. The van der Waals surface area contributed by atoms with E-state index in [-0.39, 0.29) is 0 Å². The third-order valence-electron chi connectivity index (χ3n) is 2.59. The maximum atomic E-state index is 12.3. The van der Waals surface area contributed by atoms with Crippen molar-refractivity contribution in [3.05, 3.63) is 42.0 Å². The minimum absolute atomic E-state index is 0.351. The van der Waals surface area contributed by atoms with Crippen molar-refractivity contribution in [2.45, 2.75) is 37.4 Å². The number of benzene rings is 1. The average Bonchev–Trinajstić information content (AvgIpc) is 2.75. The highest BCUT2D eigenvalue weighted by Crippen LogP contribution is 2.31. The highest BCUT2D eigenvalue weighted by Gasteiger charge is 2.23. The maximum absolute atomic E-state index is 12.3. The minimum atomic E-state index is -3.45. The van der Waals surface area contributed by atoms with E-state index < -0.39 is 15.6 Å². The molecule has 108 valence electrons. The van der Waals surface area contributed by atoms with Gasteiger partial charge >= 0.3 is 0 Å². The largest absolute Gasteiger partial charge is 0.250 e. The lowest BCUT2D eigenvalue weighted by atomic mass is 10.1. The number of hydrogen-bond acceptors (Lipinski definition) is 3. The Morgan fingerprint density at radius 3 is 2.40 bits per heavy atom. The summed E-state index contributed by atoms with van der Waals surface area (Å²) in [6.45, 7) is 7.52. The first-order valence-corrected chi connectivity index (χ1v) is 8.68. The van der Waals surface area contributed by atoms with E-state index in [4.69, 9.17) is 0 Å². The molecule has 5 heteroatoms. The Labute approximate surface area is 124 Å². The molecule has 0 radical (unpaired) electrons. The Morgan fingerprint density at radius 2 is 1.80 bits per heavy atom. The summed E-state index contributed by atoms with van der Waals surface area (Å²) in [6.07, 6.45) is 0. The summed E-state index contributed by atoms with van der Waals surface area (Å²) in [6, 6.07) is 11.6. The molecule has 1 heterocycles. The molecule has 1 aromatic carbocycles. The molecule has 0 saturated carbocycles. The van der Waals surface area contributed by atoms with E-state index in [9.17, 15) is 8.42 Å². The van der Waals surface area contributed by atoms with Crippen LogP contribution in [0, 0.1) is 6.92 Å². The van der Waals surface area contributed by atoms with Crippen molar-refractivity contribution < 1.29 is 8.42 Å². The molecule has 0 unspecified atom stereocenters. The molecule has 2 rings (SSSR count). The Morgan fingerprint density at radius 1 is 1.10 bits per heavy atom. The summed E-state index contributed by atoms with van der Waals surface area (Å²) in [7, 11) is -3.45. The summed E-state index contributed by atoms with van der Waals surface area (Å²) in [5, 5.41) is 0. The Balaban J connectivity index is 2.34. The number of rotatable bonds is 3. The molecule has 3 nitrogen and oxygen atoms in total. The van der Waals surface area contributed by atoms with Gasteiger partial charge in [0.1, 0.15) is 4.21 Å². The maximum Gasteiger partial charge on any atom is 0.250 e. The fourth-order valence-electron chi connectivity index (χ4n) is 1.87. The Bertz CT molecular complexity index is 709. The van der Waals surface area contributed by atoms with E-state index in [1.807, 2.05) is 52.0 Å². The topological polar surface area (TPSA) is 46.2 Å². The molecule has 0 bridgehead atoms. The second-order valence-corrected chi connectivity index (χ2v) is 8.84. The molecule has 1 N–H and O–H groups in total. The van der Waals surface area contributed by atoms with Crippen LogP contribution in [0.4, 0.5) is 0 Å². The first kappa shape index (κ1) is 15.2. The number of aryl methyl sites for hydroxylation is 1. The van der Waals surface area contributed by atoms with Crippen molar-refractivity contribution in [2.24, 2.45) is 0 Å². The monoisotopic (exact) mass is 309 g/mol. The summed E-state index contributed by atoms with van der Waals surface area (Å²) < 4.78 is 27.5. The van der Waals surface area contributed by atoms with Crippen LogP contribution >= 0.6 is 11.3 Å². The Hall–Kier alpha value is -1.17. The van der Waals surface area contributed by atoms with Gasteiger partial charge in [-0.05, 0) is 45.4 Å². The molecule has 0 aliphatic carbocycles. The molecule has 1 aromatic heterocycles. The molecule has 0 spiro atoms. The summed E-state index contributed by atoms with van der Waals surface area (Å²) >= 11 is 1.29. The van der Waals surface area contributed by atoms with Gasteiger partial charge in [-0.2, -0.15) is 0 Å². The van der Waals surface area contributed by atoms with Crippen LogP contribution in [0.15, 0.2) is 40.6 Å². The zero-order valence-electron chi connectivity index (χ0n) is 12.1. The van der Waals surface area contributed by atoms with E-state index in [0.717, 1.165) is 16.0 Å². The number of hydrogen-bond donors (Lipinski definition) is 1. The van der Waals surface area contributed by atoms with E-state index in [1.165, 1.54) is 11.3 Å². The van der Waals surface area contributed by atoms with Gasteiger partial charge in [0, 0.05) is 10.4 Å². The van der Waals surface area contributed by atoms with Gasteiger partial charge in [-0.25, -0.2) is 13.1 Å². The fraction of sp³-hybridized carbons (Fsp3) is 0.333. The number of nitrogens with one attached hydrogen (secondary N) is 1. The summed E-state index contributed by atoms with van der Waals surface area (Å²) in [4.78, 5) is 0.961. The molecular weight excluding hydrogens is 290 g/mol. The quantitative estimate of drug-likeness (QED) is 0.937. The normalized spacial score (nSPS) is 12.6. The lowest BCUT2D eigenvalue weighted by molar-refractivity contribution is 0.492. The van der Waals surface area contributed by atoms with Crippen molar-refractivity contribution in [3.8, 4) is 10.4 Å². The molecule has 20 heavy (non-hydrogen) atoms. The first-order chi connectivity index (χ1) is 9.17. The lowest BCUT2D eigenvalue weighted by Gasteiger charge is -2.19. The molecular formula is C15H19NO2S2. The van der Waals surface area contributed by atoms with E-state index in [0.29, 0.717) is 4.21 Å². The third kappa shape index (κ3) is 3.69. The van der Waals surface area contributed by atoms with Gasteiger partial charge in [-0.15, -0.1) is 11.3 Å². The van der Waals surface area contributed by atoms with Gasteiger partial charge < -0.3 is 0 Å². The number of sulfonamides is 1. The molecule has 2 aromatic rings. The number of thiophene rings is 1. The van der Waals surface area contributed by atoms with Crippen LogP contribution in [-0.2, 0) is 10.0 Å². The van der Waals surface area contributed by atoms with Crippen LogP contribution < -0.4 is 4.72 Å². The Kier molecular flexibility index (Phi) is 4.04. The van der Waals surface area contributed by atoms with Gasteiger partial charge in [-0.3, -0.25) is 0 Å². The average molecular weight is 309 g/mol. The highest BCUT2D eigenvalue weighted by atomic mass is 32.2. The summed E-state index contributed by atoms with van der Waals surface area (Å²) in [5.74, 6) is 0. The standard InChI is InChI=1S/C15H19NO2S2/c1-11-6-5-7-12(10-11)13-8-9-14(19-13)20(17,18)16-15(2,3)4/h5-10,16H,1-4H3. The minimum Gasteiger partial charge on any atom is -0.206 e. The molecule has 0 aliphatic heterocycles. The van der Waals surface area contributed by atoms with Crippen molar-refractivity contribution in [3.63, 3.8) is 0 Å². The van der Waals surface area contributed by atoms with Crippen molar-refractivity contribution in [1.82, 2.24) is 4.72 Å². The van der Waals surface area contributed by atoms with Crippen molar-refractivity contribution >= 4 is 21.4 Å². The van der Waals surface area contributed by atoms with E-state index >= 15 is 0 Å². The smallest absolute Gasteiger partial charge is 0.206 e. The van der Waals surface area contributed by atoms with Crippen LogP contribution in [0.25, 0.3) is 10.4 Å². The second kappa shape index (κ2) is 5.31. The van der Waals surface area contributed by atoms with Gasteiger partial charge in [0.15, 0.2) is 0 Å². The van der Waals surface area contributed by atoms with E-state index in [1.54, 1.807) is 6.07 Å². The fourth-order valence-corrected chi connectivity index (χ4v) is 4.59. The van der Waals surface area contributed by atoms with Crippen LogP contribution in [0.5, 0.6) is 0 Å². The van der Waals surface area contributed by atoms with Crippen LogP contribution in [0.2, 0.25) is 0 Å². The molecule has 0 saturated heterocycles. The summed E-state index contributed by atoms with van der Waals surface area (Å²) in [5.41, 5.74) is 1.73. The zero-order valence-corrected chi connectivity index (χ0v) is 13.7. The van der Waals surface area contributed by atoms with Crippen LogP contribution in [-0.4, -0.2) is 14.0 Å². The lowest BCUT2D eigenvalue weighted by Crippen LogP contribution is -2.40. The molecule has 0 fully saturated rings. The van der Waals surface area contributed by atoms with Crippen LogP contribution in [0.1, 0.15) is 26.3 Å². The van der Waals surface area contributed by atoms with Gasteiger partial charge in [-0.1, -0.05) is 29.8 Å². The first-order valence-electron chi connectivity index (χ1n) is 6.38. The molecule has 0 aliphatic rings. The van der Waals surface area contributed by atoms with Crippen molar-refractivity contribution in [2.75, 3.05) is 0 Å². The van der Waals surface area contributed by atoms with Gasteiger partial charge in [0.25, 0.3) is 10.0 Å². The third-order valence-corrected chi connectivity index (χ3v) is 5.97. The van der Waals surface area contributed by atoms with Crippen molar-refractivity contribution in [1.29, 1.82) is 0 Å². The van der Waals surface area contributed by atoms with Crippen LogP contribution in [0.3, 0.4) is 0 Å². The van der Waals surface area contributed by atoms with E-state index in [2.05, 4.69) is 10.8 Å².